The zero-order chi connectivity index (χ0) is 15.8. The molecule has 21 heavy (non-hydrogen) atoms. The van der Waals surface area contributed by atoms with Gasteiger partial charge in [-0.25, -0.2) is 0 Å². The van der Waals surface area contributed by atoms with E-state index in [0.717, 1.165) is 23.1 Å². The zero-order valence-electron chi connectivity index (χ0n) is 12.9. The highest BCUT2D eigenvalue weighted by atomic mass is 79.9. The standard InChI is InChI=1S/C15H24BrN3O2/c1-4-11(2)19(7-8-21-3)10-15(20)18-14-6-5-12(17)9-13(14)16/h5-6,9,11H,4,7-8,10,17H2,1-3H3,(H,18,20). The summed E-state index contributed by atoms with van der Waals surface area (Å²) >= 11 is 3.40. The third-order valence-corrected chi connectivity index (χ3v) is 4.07. The van der Waals surface area contributed by atoms with Gasteiger partial charge in [-0.1, -0.05) is 6.92 Å². The highest BCUT2D eigenvalue weighted by Crippen LogP contribution is 2.24. The predicted molar refractivity (Wildman–Crippen MR) is 90.4 cm³/mol. The van der Waals surface area contributed by atoms with Crippen molar-refractivity contribution in [1.29, 1.82) is 0 Å². The van der Waals surface area contributed by atoms with Gasteiger partial charge in [0.25, 0.3) is 0 Å². The summed E-state index contributed by atoms with van der Waals surface area (Å²) in [6.07, 6.45) is 0.989. The van der Waals surface area contributed by atoms with Crippen LogP contribution >= 0.6 is 15.9 Å². The van der Waals surface area contributed by atoms with E-state index < -0.39 is 0 Å². The van der Waals surface area contributed by atoms with Crippen molar-refractivity contribution >= 4 is 33.2 Å². The van der Waals surface area contributed by atoms with Crippen molar-refractivity contribution in [3.8, 4) is 0 Å². The Morgan fingerprint density at radius 3 is 2.81 bits per heavy atom. The molecule has 6 heteroatoms. The first-order valence-corrected chi connectivity index (χ1v) is 7.85. The molecule has 0 saturated carbocycles. The molecule has 0 radical (unpaired) electrons. The lowest BCUT2D eigenvalue weighted by atomic mass is 10.2. The fraction of sp³-hybridized carbons (Fsp3) is 0.533. The third-order valence-electron chi connectivity index (χ3n) is 3.41. The molecule has 0 fully saturated rings. The van der Waals surface area contributed by atoms with E-state index in [1.807, 2.05) is 0 Å². The van der Waals surface area contributed by atoms with Crippen LogP contribution in [0.3, 0.4) is 0 Å². The number of halogens is 1. The number of methoxy groups -OCH3 is 1. The van der Waals surface area contributed by atoms with Gasteiger partial charge in [0.15, 0.2) is 0 Å². The minimum Gasteiger partial charge on any atom is -0.399 e. The summed E-state index contributed by atoms with van der Waals surface area (Å²) in [5.74, 6) is -0.0446. The van der Waals surface area contributed by atoms with Crippen molar-refractivity contribution in [3.63, 3.8) is 0 Å². The molecule has 5 nitrogen and oxygen atoms in total. The Labute approximate surface area is 135 Å². The summed E-state index contributed by atoms with van der Waals surface area (Å²) in [7, 11) is 1.67. The average Bonchev–Trinajstić information content (AvgIpc) is 2.45. The Balaban J connectivity index is 2.64. The summed E-state index contributed by atoms with van der Waals surface area (Å²) in [5.41, 5.74) is 7.07. The van der Waals surface area contributed by atoms with Gasteiger partial charge in [0, 0.05) is 29.9 Å². The van der Waals surface area contributed by atoms with Gasteiger partial charge >= 0.3 is 0 Å². The number of benzene rings is 1. The van der Waals surface area contributed by atoms with Gasteiger partial charge in [-0.3, -0.25) is 9.69 Å². The lowest BCUT2D eigenvalue weighted by Crippen LogP contribution is -2.41. The molecular formula is C15H24BrN3O2. The number of carbonyl (C=O) groups is 1. The monoisotopic (exact) mass is 357 g/mol. The van der Waals surface area contributed by atoms with Crippen LogP contribution < -0.4 is 11.1 Å². The van der Waals surface area contributed by atoms with Gasteiger partial charge in [-0.15, -0.1) is 0 Å². The maximum absolute atomic E-state index is 12.2. The molecule has 1 rings (SSSR count). The fourth-order valence-electron chi connectivity index (χ4n) is 1.93. The van der Waals surface area contributed by atoms with Crippen LogP contribution in [-0.4, -0.2) is 43.7 Å². The molecule has 0 aliphatic rings. The molecule has 1 aromatic rings. The molecule has 1 aromatic carbocycles. The van der Waals surface area contributed by atoms with Crippen molar-refractivity contribution in [2.75, 3.05) is 37.9 Å². The minimum absolute atomic E-state index is 0.0446. The van der Waals surface area contributed by atoms with Crippen molar-refractivity contribution in [1.82, 2.24) is 4.90 Å². The molecule has 1 unspecified atom stereocenters. The topological polar surface area (TPSA) is 67.6 Å². The molecular weight excluding hydrogens is 334 g/mol. The number of ether oxygens (including phenoxy) is 1. The Bertz CT molecular complexity index is 468. The van der Waals surface area contributed by atoms with Crippen LogP contribution in [0, 0.1) is 0 Å². The fourth-order valence-corrected chi connectivity index (χ4v) is 2.42. The first-order chi connectivity index (χ1) is 9.97. The Kier molecular flexibility index (Phi) is 7.71. The highest BCUT2D eigenvalue weighted by Gasteiger charge is 2.16. The van der Waals surface area contributed by atoms with Crippen LogP contribution in [0.15, 0.2) is 22.7 Å². The second-order valence-corrected chi connectivity index (χ2v) is 5.86. The van der Waals surface area contributed by atoms with Crippen molar-refractivity contribution in [3.05, 3.63) is 22.7 Å². The highest BCUT2D eigenvalue weighted by molar-refractivity contribution is 9.10. The van der Waals surface area contributed by atoms with E-state index in [9.17, 15) is 4.79 Å². The van der Waals surface area contributed by atoms with Gasteiger partial charge in [-0.2, -0.15) is 0 Å². The van der Waals surface area contributed by atoms with E-state index in [2.05, 4.69) is 40.0 Å². The summed E-state index contributed by atoms with van der Waals surface area (Å²) < 4.78 is 5.88. The second kappa shape index (κ2) is 9.02. The summed E-state index contributed by atoms with van der Waals surface area (Å²) in [5, 5.41) is 2.90. The van der Waals surface area contributed by atoms with Crippen molar-refractivity contribution in [2.45, 2.75) is 26.3 Å². The normalized spacial score (nSPS) is 12.4. The average molecular weight is 358 g/mol. The van der Waals surface area contributed by atoms with E-state index in [1.165, 1.54) is 0 Å². The molecule has 1 amide bonds. The Morgan fingerprint density at radius 1 is 1.52 bits per heavy atom. The lowest BCUT2D eigenvalue weighted by molar-refractivity contribution is -0.118. The number of hydrogen-bond acceptors (Lipinski definition) is 4. The first kappa shape index (κ1) is 17.9. The molecule has 1 atom stereocenters. The van der Waals surface area contributed by atoms with Crippen LogP contribution in [-0.2, 0) is 9.53 Å². The second-order valence-electron chi connectivity index (χ2n) is 5.01. The SMILES string of the molecule is CCC(C)N(CCOC)CC(=O)Nc1ccc(N)cc1Br. The number of anilines is 2. The maximum atomic E-state index is 12.2. The number of hydrogen-bond donors (Lipinski definition) is 2. The molecule has 118 valence electrons. The summed E-state index contributed by atoms with van der Waals surface area (Å²) in [4.78, 5) is 14.3. The predicted octanol–water partition coefficient (Wildman–Crippen LogP) is 2.72. The number of nitrogens with zero attached hydrogens (tertiary/aromatic N) is 1. The summed E-state index contributed by atoms with van der Waals surface area (Å²) in [6.45, 7) is 5.92. The Morgan fingerprint density at radius 2 is 2.24 bits per heavy atom. The molecule has 0 spiro atoms. The minimum atomic E-state index is -0.0446. The van der Waals surface area contributed by atoms with Crippen LogP contribution in [0.25, 0.3) is 0 Å². The molecule has 3 N–H and O–H groups in total. The van der Waals surface area contributed by atoms with E-state index >= 15 is 0 Å². The van der Waals surface area contributed by atoms with Gasteiger partial charge in [-0.05, 0) is 47.5 Å². The zero-order valence-corrected chi connectivity index (χ0v) is 14.4. The van der Waals surface area contributed by atoms with Crippen LogP contribution in [0.2, 0.25) is 0 Å². The van der Waals surface area contributed by atoms with Gasteiger partial charge in [0.05, 0.1) is 18.8 Å². The quantitative estimate of drug-likeness (QED) is 0.702. The molecule has 0 bridgehead atoms. The molecule has 0 saturated heterocycles. The number of carbonyl (C=O) groups excluding carboxylic acids is 1. The van der Waals surface area contributed by atoms with Crippen molar-refractivity contribution in [2.24, 2.45) is 0 Å². The molecule has 0 aromatic heterocycles. The number of nitrogen functional groups attached to an aromatic ring is 1. The van der Waals surface area contributed by atoms with Crippen LogP contribution in [0.1, 0.15) is 20.3 Å². The molecule has 0 aliphatic carbocycles. The van der Waals surface area contributed by atoms with Gasteiger partial charge < -0.3 is 15.8 Å². The largest absolute Gasteiger partial charge is 0.399 e. The van der Waals surface area contributed by atoms with Crippen LogP contribution in [0.5, 0.6) is 0 Å². The van der Waals surface area contributed by atoms with E-state index in [4.69, 9.17) is 10.5 Å². The third kappa shape index (κ3) is 6.03. The number of nitrogens with two attached hydrogens (primary N) is 1. The number of rotatable bonds is 8. The number of nitrogens with one attached hydrogen (secondary N) is 1. The smallest absolute Gasteiger partial charge is 0.238 e. The van der Waals surface area contributed by atoms with Gasteiger partial charge in [0.1, 0.15) is 0 Å². The van der Waals surface area contributed by atoms with Gasteiger partial charge in [0.2, 0.25) is 5.91 Å². The van der Waals surface area contributed by atoms with E-state index in [0.29, 0.717) is 24.9 Å². The van der Waals surface area contributed by atoms with Crippen molar-refractivity contribution < 1.29 is 9.53 Å². The maximum Gasteiger partial charge on any atom is 0.238 e. The molecule has 0 aliphatic heterocycles. The van der Waals surface area contributed by atoms with E-state index in [-0.39, 0.29) is 5.91 Å². The van der Waals surface area contributed by atoms with E-state index in [1.54, 1.807) is 25.3 Å². The number of amides is 1. The van der Waals surface area contributed by atoms with Crippen LogP contribution in [0.4, 0.5) is 11.4 Å². The first-order valence-electron chi connectivity index (χ1n) is 7.05. The molecule has 0 heterocycles. The summed E-state index contributed by atoms with van der Waals surface area (Å²) in [6, 6.07) is 5.66. The Hall–Kier alpha value is -1.11. The lowest BCUT2D eigenvalue weighted by Gasteiger charge is -2.27.